The fourth-order valence-electron chi connectivity index (χ4n) is 1.15. The van der Waals surface area contributed by atoms with E-state index in [9.17, 15) is 8.42 Å². The van der Waals surface area contributed by atoms with E-state index in [2.05, 4.69) is 4.98 Å². The van der Waals surface area contributed by atoms with Gasteiger partial charge in [0.15, 0.2) is 9.84 Å². The van der Waals surface area contributed by atoms with Crippen LogP contribution in [0.3, 0.4) is 0 Å². The van der Waals surface area contributed by atoms with Gasteiger partial charge in [0.25, 0.3) is 0 Å². The second-order valence-electron chi connectivity index (χ2n) is 3.31. The van der Waals surface area contributed by atoms with Crippen molar-refractivity contribution < 1.29 is 8.42 Å². The number of pyridine rings is 1. The Kier molecular flexibility index (Phi) is 2.71. The molecule has 1 rings (SSSR count). The average molecular weight is 199 g/mol. The summed E-state index contributed by atoms with van der Waals surface area (Å²) in [5, 5.41) is 0. The molecule has 13 heavy (non-hydrogen) atoms. The van der Waals surface area contributed by atoms with E-state index in [0.29, 0.717) is 10.6 Å². The number of hydrogen-bond acceptors (Lipinski definition) is 3. The predicted molar refractivity (Wildman–Crippen MR) is 51.4 cm³/mol. The van der Waals surface area contributed by atoms with E-state index in [1.165, 1.54) is 6.26 Å². The van der Waals surface area contributed by atoms with E-state index >= 15 is 0 Å². The SMILES string of the molecule is CC(C)c1ncccc1S(C)(=O)=O. The highest BCUT2D eigenvalue weighted by Gasteiger charge is 2.15. The number of nitrogens with zero attached hydrogens (tertiary/aromatic N) is 1. The van der Waals surface area contributed by atoms with Gasteiger partial charge in [-0.1, -0.05) is 13.8 Å². The molecule has 0 bridgehead atoms. The van der Waals surface area contributed by atoms with Crippen LogP contribution in [0.5, 0.6) is 0 Å². The van der Waals surface area contributed by atoms with Crippen LogP contribution in [-0.2, 0) is 9.84 Å². The smallest absolute Gasteiger partial charge is 0.177 e. The molecule has 0 unspecified atom stereocenters. The van der Waals surface area contributed by atoms with E-state index in [1.807, 2.05) is 13.8 Å². The lowest BCUT2D eigenvalue weighted by molar-refractivity contribution is 0.598. The van der Waals surface area contributed by atoms with Crippen molar-refractivity contribution in [3.63, 3.8) is 0 Å². The van der Waals surface area contributed by atoms with Crippen molar-refractivity contribution in [1.82, 2.24) is 4.98 Å². The van der Waals surface area contributed by atoms with Crippen molar-refractivity contribution in [2.24, 2.45) is 0 Å². The van der Waals surface area contributed by atoms with Crippen molar-refractivity contribution in [3.8, 4) is 0 Å². The lowest BCUT2D eigenvalue weighted by atomic mass is 10.1. The normalized spacial score (nSPS) is 12.0. The van der Waals surface area contributed by atoms with Gasteiger partial charge in [-0.05, 0) is 18.1 Å². The highest BCUT2D eigenvalue weighted by Crippen LogP contribution is 2.20. The van der Waals surface area contributed by atoms with Gasteiger partial charge in [-0.25, -0.2) is 8.42 Å². The summed E-state index contributed by atoms with van der Waals surface area (Å²) in [6.45, 7) is 3.86. The van der Waals surface area contributed by atoms with Gasteiger partial charge in [-0.15, -0.1) is 0 Å². The van der Waals surface area contributed by atoms with Crippen LogP contribution in [0.2, 0.25) is 0 Å². The summed E-state index contributed by atoms with van der Waals surface area (Å²) in [7, 11) is -3.14. The maximum Gasteiger partial charge on any atom is 0.177 e. The fourth-order valence-corrected chi connectivity index (χ4v) is 2.14. The Balaban J connectivity index is 3.37. The maximum atomic E-state index is 11.3. The molecule has 0 aromatic carbocycles. The Bertz CT molecular complexity index is 396. The molecule has 0 radical (unpaired) electrons. The minimum Gasteiger partial charge on any atom is -0.260 e. The quantitative estimate of drug-likeness (QED) is 0.727. The molecule has 0 saturated carbocycles. The Morgan fingerprint density at radius 2 is 2.00 bits per heavy atom. The van der Waals surface area contributed by atoms with Gasteiger partial charge in [-0.3, -0.25) is 4.98 Å². The van der Waals surface area contributed by atoms with E-state index < -0.39 is 9.84 Å². The highest BCUT2D eigenvalue weighted by molar-refractivity contribution is 7.90. The Morgan fingerprint density at radius 1 is 1.38 bits per heavy atom. The van der Waals surface area contributed by atoms with E-state index in [0.717, 1.165) is 0 Å². The Hall–Kier alpha value is -0.900. The van der Waals surface area contributed by atoms with Crippen LogP contribution in [0.1, 0.15) is 25.5 Å². The molecular formula is C9H13NO2S. The average Bonchev–Trinajstić information content (AvgIpc) is 2.03. The van der Waals surface area contributed by atoms with Crippen LogP contribution < -0.4 is 0 Å². The van der Waals surface area contributed by atoms with Crippen LogP contribution >= 0.6 is 0 Å². The van der Waals surface area contributed by atoms with Crippen molar-refractivity contribution in [1.29, 1.82) is 0 Å². The Morgan fingerprint density at radius 3 is 2.38 bits per heavy atom. The standard InChI is InChI=1S/C9H13NO2S/c1-7(2)9-8(13(3,11)12)5-4-6-10-9/h4-7H,1-3H3. The molecule has 0 saturated heterocycles. The molecule has 0 amide bonds. The second-order valence-corrected chi connectivity index (χ2v) is 5.30. The van der Waals surface area contributed by atoms with Crippen LogP contribution in [0.15, 0.2) is 23.2 Å². The largest absolute Gasteiger partial charge is 0.260 e. The lowest BCUT2D eigenvalue weighted by Gasteiger charge is -2.08. The molecule has 3 nitrogen and oxygen atoms in total. The summed E-state index contributed by atoms with van der Waals surface area (Å²) < 4.78 is 22.6. The summed E-state index contributed by atoms with van der Waals surface area (Å²) >= 11 is 0. The minimum absolute atomic E-state index is 0.130. The third kappa shape index (κ3) is 2.28. The third-order valence-electron chi connectivity index (χ3n) is 1.75. The van der Waals surface area contributed by atoms with Gasteiger partial charge in [0, 0.05) is 12.5 Å². The molecule has 0 atom stereocenters. The molecule has 0 spiro atoms. The summed E-state index contributed by atoms with van der Waals surface area (Å²) in [6.07, 6.45) is 2.82. The zero-order chi connectivity index (χ0) is 10.1. The van der Waals surface area contributed by atoms with Gasteiger partial charge in [-0.2, -0.15) is 0 Å². The molecule has 0 aliphatic rings. The summed E-state index contributed by atoms with van der Waals surface area (Å²) in [6, 6.07) is 3.24. The van der Waals surface area contributed by atoms with Crippen molar-refractivity contribution >= 4 is 9.84 Å². The van der Waals surface area contributed by atoms with E-state index in [4.69, 9.17) is 0 Å². The number of rotatable bonds is 2. The lowest BCUT2D eigenvalue weighted by Crippen LogP contribution is -2.05. The Labute approximate surface area is 78.7 Å². The predicted octanol–water partition coefficient (Wildman–Crippen LogP) is 1.61. The molecule has 0 aliphatic carbocycles. The first-order valence-electron chi connectivity index (χ1n) is 4.08. The van der Waals surface area contributed by atoms with Gasteiger partial charge in [0.2, 0.25) is 0 Å². The summed E-state index contributed by atoms with van der Waals surface area (Å²) in [5.74, 6) is 0.130. The molecule has 72 valence electrons. The second kappa shape index (κ2) is 3.46. The number of hydrogen-bond donors (Lipinski definition) is 0. The van der Waals surface area contributed by atoms with Crippen molar-refractivity contribution in [2.75, 3.05) is 6.26 Å². The summed E-state index contributed by atoms with van der Waals surface area (Å²) in [4.78, 5) is 4.40. The molecule has 4 heteroatoms. The highest BCUT2D eigenvalue weighted by atomic mass is 32.2. The maximum absolute atomic E-state index is 11.3. The topological polar surface area (TPSA) is 47.0 Å². The molecule has 1 aromatic heterocycles. The van der Waals surface area contributed by atoms with Crippen LogP contribution in [0, 0.1) is 0 Å². The molecule has 1 aromatic rings. The zero-order valence-electron chi connectivity index (χ0n) is 7.98. The number of sulfone groups is 1. The minimum atomic E-state index is -3.14. The van der Waals surface area contributed by atoms with E-state index in [1.54, 1.807) is 18.3 Å². The van der Waals surface area contributed by atoms with Gasteiger partial charge in [0.05, 0.1) is 10.6 Å². The molecule has 0 fully saturated rings. The van der Waals surface area contributed by atoms with Crippen LogP contribution in [-0.4, -0.2) is 19.7 Å². The van der Waals surface area contributed by atoms with Gasteiger partial charge in [0.1, 0.15) is 0 Å². The molecular weight excluding hydrogens is 186 g/mol. The number of aromatic nitrogens is 1. The van der Waals surface area contributed by atoms with Crippen LogP contribution in [0.25, 0.3) is 0 Å². The molecule has 0 aliphatic heterocycles. The fraction of sp³-hybridized carbons (Fsp3) is 0.444. The first kappa shape index (κ1) is 10.2. The zero-order valence-corrected chi connectivity index (χ0v) is 8.80. The molecule has 0 N–H and O–H groups in total. The van der Waals surface area contributed by atoms with Gasteiger partial charge < -0.3 is 0 Å². The first-order valence-corrected chi connectivity index (χ1v) is 5.97. The third-order valence-corrected chi connectivity index (χ3v) is 2.89. The monoisotopic (exact) mass is 199 g/mol. The summed E-state index contributed by atoms with van der Waals surface area (Å²) in [5.41, 5.74) is 0.644. The van der Waals surface area contributed by atoms with Gasteiger partial charge >= 0.3 is 0 Å². The van der Waals surface area contributed by atoms with Crippen molar-refractivity contribution in [3.05, 3.63) is 24.0 Å². The van der Waals surface area contributed by atoms with Crippen LogP contribution in [0.4, 0.5) is 0 Å². The molecule has 1 heterocycles. The first-order chi connectivity index (χ1) is 5.93. The van der Waals surface area contributed by atoms with Crippen molar-refractivity contribution in [2.45, 2.75) is 24.7 Å². The van der Waals surface area contributed by atoms with E-state index in [-0.39, 0.29) is 5.92 Å².